The van der Waals surface area contributed by atoms with Gasteiger partial charge in [-0.1, -0.05) is 54.6 Å². The van der Waals surface area contributed by atoms with Crippen LogP contribution in [0.5, 0.6) is 0 Å². The van der Waals surface area contributed by atoms with E-state index in [4.69, 9.17) is 5.11 Å². The van der Waals surface area contributed by atoms with Crippen molar-refractivity contribution < 1.29 is 14.7 Å². The zero-order valence-corrected chi connectivity index (χ0v) is 12.6. The highest BCUT2D eigenvalue weighted by molar-refractivity contribution is 6.14. The van der Waals surface area contributed by atoms with E-state index in [1.54, 1.807) is 0 Å². The molecule has 5 nitrogen and oxygen atoms in total. The molecular weight excluding hydrogens is 292 g/mol. The summed E-state index contributed by atoms with van der Waals surface area (Å²) in [6.45, 7) is 1.96. The molecule has 0 aliphatic carbocycles. The summed E-state index contributed by atoms with van der Waals surface area (Å²) in [5, 5.41) is 12.7. The second-order valence-electron chi connectivity index (χ2n) is 4.79. The molecule has 0 radical (unpaired) electrons. The van der Waals surface area contributed by atoms with Crippen molar-refractivity contribution in [2.75, 3.05) is 0 Å². The third-order valence-electron chi connectivity index (χ3n) is 3.10. The molecule has 0 saturated carbocycles. The molecule has 0 aliphatic heterocycles. The van der Waals surface area contributed by atoms with Gasteiger partial charge in [-0.15, -0.1) is 0 Å². The van der Waals surface area contributed by atoms with Gasteiger partial charge in [0.05, 0.1) is 5.71 Å². The van der Waals surface area contributed by atoms with Crippen molar-refractivity contribution in [1.82, 2.24) is 5.43 Å². The highest BCUT2D eigenvalue weighted by atomic mass is 16.4. The number of aryl methyl sites for hydroxylation is 1. The monoisotopic (exact) mass is 308 g/mol. The number of aliphatic carboxylic acids is 1. The molecule has 2 aromatic carbocycles. The minimum absolute atomic E-state index is 0.602. The average Bonchev–Trinajstić information content (AvgIpc) is 2.55. The van der Waals surface area contributed by atoms with Crippen LogP contribution in [0.4, 0.5) is 0 Å². The third kappa shape index (κ3) is 4.64. The van der Waals surface area contributed by atoms with Crippen LogP contribution in [0.15, 0.2) is 71.9 Å². The van der Waals surface area contributed by atoms with Crippen LogP contribution in [0.2, 0.25) is 0 Å². The summed E-state index contributed by atoms with van der Waals surface area (Å²) >= 11 is 0. The second kappa shape index (κ2) is 7.70. The van der Waals surface area contributed by atoms with Crippen LogP contribution >= 0.6 is 0 Å². The first-order chi connectivity index (χ1) is 11.1. The molecule has 116 valence electrons. The fourth-order valence-corrected chi connectivity index (χ4v) is 2.01. The molecule has 2 N–H and O–H groups in total. The molecule has 0 saturated heterocycles. The van der Waals surface area contributed by atoms with Crippen molar-refractivity contribution in [2.24, 2.45) is 5.10 Å². The molecule has 0 atom stereocenters. The lowest BCUT2D eigenvalue weighted by molar-refractivity contribution is -0.131. The minimum Gasteiger partial charge on any atom is -0.478 e. The second-order valence-corrected chi connectivity index (χ2v) is 4.79. The first-order valence-electron chi connectivity index (χ1n) is 6.98. The molecule has 0 unspecified atom stereocenters. The lowest BCUT2D eigenvalue weighted by Crippen LogP contribution is -2.19. The fourth-order valence-electron chi connectivity index (χ4n) is 2.01. The Balaban J connectivity index is 2.35. The zero-order valence-electron chi connectivity index (χ0n) is 12.6. The Hall–Kier alpha value is -3.21. The summed E-state index contributed by atoms with van der Waals surface area (Å²) in [6.07, 6.45) is 1.69. The molecule has 0 aliphatic rings. The number of hydrazone groups is 1. The number of carboxylic acids is 1. The minimum atomic E-state index is -1.19. The van der Waals surface area contributed by atoms with E-state index >= 15 is 0 Å². The topological polar surface area (TPSA) is 78.8 Å². The van der Waals surface area contributed by atoms with Gasteiger partial charge in [0.1, 0.15) is 0 Å². The first kappa shape index (κ1) is 16.2. The van der Waals surface area contributed by atoms with Crippen molar-refractivity contribution in [2.45, 2.75) is 6.92 Å². The molecule has 1 amide bonds. The van der Waals surface area contributed by atoms with Crippen LogP contribution < -0.4 is 5.43 Å². The number of carbonyl (C=O) groups excluding carboxylic acids is 1. The molecular formula is C18H16N2O3. The van der Waals surface area contributed by atoms with Crippen LogP contribution in [0.25, 0.3) is 0 Å². The third-order valence-corrected chi connectivity index (χ3v) is 3.10. The van der Waals surface area contributed by atoms with E-state index in [1.807, 2.05) is 61.5 Å². The Morgan fingerprint density at radius 2 is 1.65 bits per heavy atom. The number of hydrogen-bond acceptors (Lipinski definition) is 3. The molecule has 0 spiro atoms. The lowest BCUT2D eigenvalue weighted by Gasteiger charge is -2.10. The summed E-state index contributed by atoms with van der Waals surface area (Å²) in [6, 6.07) is 17.1. The van der Waals surface area contributed by atoms with Crippen molar-refractivity contribution in [3.8, 4) is 0 Å². The molecule has 23 heavy (non-hydrogen) atoms. The number of hydrogen-bond donors (Lipinski definition) is 2. The van der Waals surface area contributed by atoms with Crippen LogP contribution in [-0.4, -0.2) is 22.7 Å². The predicted molar refractivity (Wildman–Crippen MR) is 88.2 cm³/mol. The molecule has 0 heterocycles. The van der Waals surface area contributed by atoms with Gasteiger partial charge in [-0.05, 0) is 12.5 Å². The maximum absolute atomic E-state index is 11.6. The lowest BCUT2D eigenvalue weighted by atomic mass is 9.98. The number of carboxylic acid groups (broad SMARTS) is 1. The highest BCUT2D eigenvalue weighted by Crippen LogP contribution is 2.14. The van der Waals surface area contributed by atoms with Gasteiger partial charge < -0.3 is 5.11 Å². The molecule has 2 rings (SSSR count). The fraction of sp³-hybridized carbons (Fsp3) is 0.0556. The molecule has 0 fully saturated rings. The average molecular weight is 308 g/mol. The highest BCUT2D eigenvalue weighted by Gasteiger charge is 2.09. The largest absolute Gasteiger partial charge is 0.478 e. The predicted octanol–water partition coefficient (Wildman–Crippen LogP) is 2.50. The van der Waals surface area contributed by atoms with Gasteiger partial charge in [-0.25, -0.2) is 10.2 Å². The smallest absolute Gasteiger partial charge is 0.328 e. The molecule has 5 heteroatoms. The summed E-state index contributed by atoms with van der Waals surface area (Å²) in [5.74, 6) is -1.79. The van der Waals surface area contributed by atoms with Crippen molar-refractivity contribution >= 4 is 17.6 Å². The van der Waals surface area contributed by atoms with Gasteiger partial charge >= 0.3 is 5.97 Å². The van der Waals surface area contributed by atoms with E-state index in [-0.39, 0.29) is 0 Å². The Morgan fingerprint density at radius 3 is 2.30 bits per heavy atom. The van der Waals surface area contributed by atoms with Crippen molar-refractivity contribution in [1.29, 1.82) is 0 Å². The van der Waals surface area contributed by atoms with Gasteiger partial charge in [0.25, 0.3) is 5.91 Å². The van der Waals surface area contributed by atoms with Crippen LogP contribution in [-0.2, 0) is 9.59 Å². The summed E-state index contributed by atoms with van der Waals surface area (Å²) < 4.78 is 0. The van der Waals surface area contributed by atoms with Crippen LogP contribution in [0, 0.1) is 6.92 Å². The first-order valence-corrected chi connectivity index (χ1v) is 6.98. The maximum Gasteiger partial charge on any atom is 0.328 e. The maximum atomic E-state index is 11.6. The van der Waals surface area contributed by atoms with E-state index in [1.165, 1.54) is 0 Å². The van der Waals surface area contributed by atoms with Gasteiger partial charge in [0, 0.05) is 23.3 Å². The SMILES string of the molecule is Cc1ccccc1/C(=N/NC(=O)/C=C\C(=O)O)c1ccccc1. The number of nitrogens with zero attached hydrogens (tertiary/aromatic N) is 1. The van der Waals surface area contributed by atoms with Gasteiger partial charge in [-0.3, -0.25) is 4.79 Å². The Labute approximate surface area is 134 Å². The van der Waals surface area contributed by atoms with Crippen molar-refractivity contribution in [3.63, 3.8) is 0 Å². The number of nitrogens with one attached hydrogen (secondary N) is 1. The zero-order chi connectivity index (χ0) is 16.7. The molecule has 0 bridgehead atoms. The number of rotatable bonds is 5. The van der Waals surface area contributed by atoms with Gasteiger partial charge in [-0.2, -0.15) is 5.10 Å². The Bertz CT molecular complexity index is 765. The van der Waals surface area contributed by atoms with E-state index in [0.29, 0.717) is 5.71 Å². The summed E-state index contributed by atoms with van der Waals surface area (Å²) in [4.78, 5) is 22.1. The van der Waals surface area contributed by atoms with E-state index in [2.05, 4.69) is 10.5 Å². The van der Waals surface area contributed by atoms with E-state index in [0.717, 1.165) is 28.8 Å². The number of carbonyl (C=O) groups is 2. The quantitative estimate of drug-likeness (QED) is 0.506. The van der Waals surface area contributed by atoms with Crippen LogP contribution in [0.1, 0.15) is 16.7 Å². The Morgan fingerprint density at radius 1 is 1.00 bits per heavy atom. The summed E-state index contributed by atoms with van der Waals surface area (Å²) in [5.41, 5.74) is 5.73. The number of benzene rings is 2. The Kier molecular flexibility index (Phi) is 5.41. The summed E-state index contributed by atoms with van der Waals surface area (Å²) in [7, 11) is 0. The van der Waals surface area contributed by atoms with E-state index in [9.17, 15) is 9.59 Å². The van der Waals surface area contributed by atoms with Crippen molar-refractivity contribution in [3.05, 3.63) is 83.4 Å². The molecule has 2 aromatic rings. The van der Waals surface area contributed by atoms with Gasteiger partial charge in [0.15, 0.2) is 0 Å². The normalized spacial score (nSPS) is 11.4. The standard InChI is InChI=1S/C18H16N2O3/c1-13-7-5-6-10-15(13)18(14-8-3-2-4-9-14)20-19-16(21)11-12-17(22)23/h2-12H,1H3,(H,19,21)(H,22,23)/b12-11-,20-18+. The number of amides is 1. The van der Waals surface area contributed by atoms with Gasteiger partial charge in [0.2, 0.25) is 0 Å². The van der Waals surface area contributed by atoms with E-state index < -0.39 is 11.9 Å². The molecule has 0 aromatic heterocycles. The van der Waals surface area contributed by atoms with Crippen LogP contribution in [0.3, 0.4) is 0 Å².